The van der Waals surface area contributed by atoms with Gasteiger partial charge in [-0.25, -0.2) is 9.18 Å². The average molecular weight is 520 g/mol. The molecule has 37 heavy (non-hydrogen) atoms. The molecule has 198 valence electrons. The Kier molecular flexibility index (Phi) is 4.77. The third kappa shape index (κ3) is 3.48. The van der Waals surface area contributed by atoms with E-state index in [0.29, 0.717) is 34.3 Å². The Hall–Kier alpha value is -2.58. The summed E-state index contributed by atoms with van der Waals surface area (Å²) in [6.45, 7) is -0.406. The molecule has 3 bridgehead atoms. The third-order valence-electron chi connectivity index (χ3n) is 10.4. The predicted octanol–water partition coefficient (Wildman–Crippen LogP) is 5.70. The van der Waals surface area contributed by atoms with E-state index < -0.39 is 47.6 Å². The summed E-state index contributed by atoms with van der Waals surface area (Å²) in [6.07, 6.45) is 4.98. The van der Waals surface area contributed by atoms with Gasteiger partial charge < -0.3 is 14.7 Å². The molecule has 9 heteroatoms. The normalized spacial score (nSPS) is 37.4. The molecule has 6 atom stereocenters. The minimum atomic E-state index is -4.77. The predicted molar refractivity (Wildman–Crippen MR) is 124 cm³/mol. The van der Waals surface area contributed by atoms with E-state index in [1.807, 2.05) is 0 Å². The van der Waals surface area contributed by atoms with Crippen molar-refractivity contribution >= 4 is 11.9 Å². The number of rotatable bonds is 6. The SMILES string of the molecule is O=C(O)[C@@H]1C=C(C(F)(F)F)CN1C(=O)c1cc(C2CC2)c(OCC23CC4CC5CC(C2)C5(C4)C3)cc1F. The highest BCUT2D eigenvalue weighted by molar-refractivity contribution is 5.98. The van der Waals surface area contributed by atoms with Gasteiger partial charge >= 0.3 is 12.1 Å². The number of carboxylic acid groups (broad SMARTS) is 1. The monoisotopic (exact) mass is 519 g/mol. The summed E-state index contributed by atoms with van der Waals surface area (Å²) in [4.78, 5) is 25.3. The van der Waals surface area contributed by atoms with Crippen LogP contribution < -0.4 is 4.74 Å². The summed E-state index contributed by atoms with van der Waals surface area (Å²) < 4.78 is 61.4. The number of alkyl halides is 3. The van der Waals surface area contributed by atoms with Crippen LogP contribution in [0.2, 0.25) is 0 Å². The Labute approximate surface area is 211 Å². The van der Waals surface area contributed by atoms with Crippen molar-refractivity contribution in [2.45, 2.75) is 69.5 Å². The molecular formula is C28H29F4NO4. The number of amides is 1. The zero-order chi connectivity index (χ0) is 25.9. The molecule has 0 radical (unpaired) electrons. The van der Waals surface area contributed by atoms with Crippen molar-refractivity contribution in [1.29, 1.82) is 0 Å². The maximum Gasteiger partial charge on any atom is 0.414 e. The lowest BCUT2D eigenvalue weighted by Gasteiger charge is -2.49. The van der Waals surface area contributed by atoms with Crippen LogP contribution in [0.4, 0.5) is 17.6 Å². The van der Waals surface area contributed by atoms with Crippen molar-refractivity contribution in [3.05, 3.63) is 40.7 Å². The molecule has 5 unspecified atom stereocenters. The fourth-order valence-electron chi connectivity index (χ4n) is 8.87. The first-order chi connectivity index (χ1) is 17.5. The van der Waals surface area contributed by atoms with Crippen LogP contribution in [-0.4, -0.2) is 47.3 Å². The van der Waals surface area contributed by atoms with Gasteiger partial charge in [0.2, 0.25) is 0 Å². The number of nitrogens with zero attached hydrogens (tertiary/aromatic N) is 1. The molecule has 0 aromatic heterocycles. The van der Waals surface area contributed by atoms with Gasteiger partial charge in [0.15, 0.2) is 0 Å². The fraction of sp³-hybridized carbons (Fsp3) is 0.643. The molecule has 1 aromatic carbocycles. The number of fused-ring (bicyclic) bond motifs is 2. The van der Waals surface area contributed by atoms with E-state index >= 15 is 4.39 Å². The molecule has 1 amide bonds. The van der Waals surface area contributed by atoms with Crippen LogP contribution in [0.5, 0.6) is 5.75 Å². The van der Waals surface area contributed by atoms with Crippen molar-refractivity contribution in [2.75, 3.05) is 13.2 Å². The molecule has 5 aliphatic carbocycles. The van der Waals surface area contributed by atoms with Gasteiger partial charge in [0.05, 0.1) is 24.3 Å². The van der Waals surface area contributed by atoms with Crippen LogP contribution in [0.15, 0.2) is 23.8 Å². The third-order valence-corrected chi connectivity index (χ3v) is 10.4. The molecule has 1 heterocycles. The molecule has 5 nitrogen and oxygen atoms in total. The lowest BCUT2D eigenvalue weighted by atomic mass is 9.55. The second-order valence-electron chi connectivity index (χ2n) is 12.6. The van der Waals surface area contributed by atoms with Gasteiger partial charge in [0.1, 0.15) is 17.6 Å². The highest BCUT2D eigenvalue weighted by Gasteiger charge is 2.70. The number of hydrogen-bond acceptors (Lipinski definition) is 3. The molecule has 1 aliphatic heterocycles. The summed E-state index contributed by atoms with van der Waals surface area (Å²) in [6, 6.07) is 0.763. The van der Waals surface area contributed by atoms with E-state index in [0.717, 1.165) is 43.4 Å². The van der Waals surface area contributed by atoms with Crippen LogP contribution in [0.3, 0.4) is 0 Å². The summed E-state index contributed by atoms with van der Waals surface area (Å²) in [5.41, 5.74) is -0.218. The van der Waals surface area contributed by atoms with Crippen LogP contribution in [0, 0.1) is 34.4 Å². The molecule has 1 spiro atoms. The van der Waals surface area contributed by atoms with Crippen molar-refractivity contribution in [3.8, 4) is 5.75 Å². The molecule has 6 aliphatic rings. The van der Waals surface area contributed by atoms with E-state index in [2.05, 4.69) is 0 Å². The van der Waals surface area contributed by atoms with Crippen molar-refractivity contribution < 1.29 is 37.0 Å². The minimum absolute atomic E-state index is 0.0997. The largest absolute Gasteiger partial charge is 0.493 e. The van der Waals surface area contributed by atoms with Crippen molar-refractivity contribution in [1.82, 2.24) is 4.90 Å². The van der Waals surface area contributed by atoms with Crippen LogP contribution in [-0.2, 0) is 4.79 Å². The number of carboxylic acids is 1. The number of hydrogen-bond donors (Lipinski definition) is 1. The summed E-state index contributed by atoms with van der Waals surface area (Å²) in [5.74, 6) is -0.648. The van der Waals surface area contributed by atoms with Gasteiger partial charge in [0.25, 0.3) is 5.91 Å². The van der Waals surface area contributed by atoms with Crippen LogP contribution in [0.1, 0.15) is 73.2 Å². The Morgan fingerprint density at radius 3 is 2.59 bits per heavy atom. The first-order valence-electron chi connectivity index (χ1n) is 13.3. The molecule has 1 N–H and O–H groups in total. The van der Waals surface area contributed by atoms with Crippen molar-refractivity contribution in [2.24, 2.45) is 28.6 Å². The van der Waals surface area contributed by atoms with Crippen LogP contribution in [0.25, 0.3) is 0 Å². The van der Waals surface area contributed by atoms with Gasteiger partial charge in [-0.15, -0.1) is 0 Å². The summed E-state index contributed by atoms with van der Waals surface area (Å²) in [7, 11) is 0. The highest BCUT2D eigenvalue weighted by Crippen LogP contribution is 2.78. The standard InChI is InChI=1S/C28H29F4NO4/c29-21-7-23(37-13-26-8-14-3-16-4-17(10-26)27(16,9-14)12-26)19(15-1-2-15)6-20(21)24(34)33-11-18(28(30,31)32)5-22(33)25(35)36/h5-7,14-17,22H,1-4,8-13H2,(H,35,36)/t14?,16?,17?,22-,26?,27?/m0/s1. The number of ether oxygens (including phenoxy) is 1. The van der Waals surface area contributed by atoms with E-state index in [9.17, 15) is 27.9 Å². The Bertz CT molecular complexity index is 1240. The molecule has 5 fully saturated rings. The number of aliphatic carboxylic acids is 1. The number of carbonyl (C=O) groups excluding carboxylic acids is 1. The average Bonchev–Trinajstić information content (AvgIpc) is 3.47. The summed E-state index contributed by atoms with van der Waals surface area (Å²) in [5, 5.41) is 9.42. The lowest BCUT2D eigenvalue weighted by Crippen LogP contribution is -2.42. The van der Waals surface area contributed by atoms with Gasteiger partial charge in [0, 0.05) is 11.5 Å². The highest BCUT2D eigenvalue weighted by atomic mass is 19.4. The van der Waals surface area contributed by atoms with Gasteiger partial charge in [-0.1, -0.05) is 0 Å². The number of benzene rings is 1. The lowest BCUT2D eigenvalue weighted by molar-refractivity contribution is -0.140. The zero-order valence-electron chi connectivity index (χ0n) is 20.3. The quantitative estimate of drug-likeness (QED) is 0.387. The topological polar surface area (TPSA) is 66.8 Å². The second kappa shape index (κ2) is 7.50. The van der Waals surface area contributed by atoms with E-state index in [1.165, 1.54) is 37.8 Å². The smallest absolute Gasteiger partial charge is 0.414 e. The maximum absolute atomic E-state index is 15.3. The van der Waals surface area contributed by atoms with E-state index in [1.54, 1.807) is 0 Å². The summed E-state index contributed by atoms with van der Waals surface area (Å²) >= 11 is 0. The molecule has 1 aromatic rings. The zero-order valence-corrected chi connectivity index (χ0v) is 20.3. The Morgan fingerprint density at radius 1 is 1.11 bits per heavy atom. The second-order valence-corrected chi connectivity index (χ2v) is 12.6. The minimum Gasteiger partial charge on any atom is -0.493 e. The maximum atomic E-state index is 15.3. The molecule has 5 saturated carbocycles. The first-order valence-corrected chi connectivity index (χ1v) is 13.3. The van der Waals surface area contributed by atoms with Gasteiger partial charge in [-0.05, 0) is 98.2 Å². The van der Waals surface area contributed by atoms with Gasteiger partial charge in [-0.2, -0.15) is 13.2 Å². The Balaban J connectivity index is 1.14. The van der Waals surface area contributed by atoms with E-state index in [4.69, 9.17) is 4.74 Å². The molecular weight excluding hydrogens is 490 g/mol. The first kappa shape index (κ1) is 23.5. The van der Waals surface area contributed by atoms with Crippen molar-refractivity contribution in [3.63, 3.8) is 0 Å². The van der Waals surface area contributed by atoms with Crippen LogP contribution >= 0.6 is 0 Å². The Morgan fingerprint density at radius 2 is 1.89 bits per heavy atom. The van der Waals surface area contributed by atoms with E-state index in [-0.39, 0.29) is 11.3 Å². The fourth-order valence-corrected chi connectivity index (χ4v) is 8.87. The molecule has 0 saturated heterocycles. The molecule has 7 rings (SSSR count). The van der Waals surface area contributed by atoms with Gasteiger partial charge in [-0.3, -0.25) is 4.79 Å². The number of carbonyl (C=O) groups is 2. The number of halogens is 4.